The Morgan fingerprint density at radius 2 is 1.78 bits per heavy atom. The van der Waals surface area contributed by atoms with Crippen LogP contribution in [0, 0.1) is 24.0 Å². The summed E-state index contributed by atoms with van der Waals surface area (Å²) in [4.78, 5) is 29.4. The van der Waals surface area contributed by atoms with Gasteiger partial charge < -0.3 is 15.2 Å². The van der Waals surface area contributed by atoms with Gasteiger partial charge in [-0.3, -0.25) is 14.9 Å². The number of aromatic nitrogens is 1. The van der Waals surface area contributed by atoms with Crippen molar-refractivity contribution in [3.8, 4) is 11.3 Å². The van der Waals surface area contributed by atoms with Gasteiger partial charge in [0.05, 0.1) is 10.3 Å². The molecule has 1 heterocycles. The number of fused-ring (bicyclic) bond motifs is 1. The Morgan fingerprint density at radius 3 is 2.35 bits per heavy atom. The number of hydrogen-bond acceptors (Lipinski definition) is 5. The molecule has 1 amide bonds. The molecule has 0 unspecified atom stereocenters. The van der Waals surface area contributed by atoms with Gasteiger partial charge in [-0.05, 0) is 95.2 Å². The number of rotatable bonds is 11. The van der Waals surface area contributed by atoms with Crippen molar-refractivity contribution in [3.63, 3.8) is 0 Å². The van der Waals surface area contributed by atoms with E-state index in [1.165, 1.54) is 22.9 Å². The molecule has 1 aromatic heterocycles. The van der Waals surface area contributed by atoms with Crippen LogP contribution in [-0.4, -0.2) is 46.6 Å². The van der Waals surface area contributed by atoms with Crippen LogP contribution in [0.25, 0.3) is 22.2 Å². The molecular formula is C29H38N4O3S. The first-order valence-corrected chi connectivity index (χ1v) is 13.9. The summed E-state index contributed by atoms with van der Waals surface area (Å²) in [5.41, 5.74) is 6.94. The summed E-state index contributed by atoms with van der Waals surface area (Å²) in [6.45, 7) is 14.1. The molecule has 0 atom stereocenters. The van der Waals surface area contributed by atoms with Crippen molar-refractivity contribution >= 4 is 28.6 Å². The standard InChI is InChI=1S/C29H38N4O3S/c1-8-32(9-2)28(34)29(5,6)22-10-11-25-24(17-22)23(12-13-30-26(37-7)18-33(35)36)27(31-25)21-15-19(3)14-20(4)16-21/h10-11,14-18,30-31H,8-9,12-13H2,1-7H3/b26-18-. The number of thioether (sulfide) groups is 1. The first kappa shape index (κ1) is 28.3. The van der Waals surface area contributed by atoms with Crippen molar-refractivity contribution in [2.24, 2.45) is 0 Å². The average molecular weight is 523 g/mol. The highest BCUT2D eigenvalue weighted by Gasteiger charge is 2.33. The van der Waals surface area contributed by atoms with Gasteiger partial charge in [-0.15, -0.1) is 11.8 Å². The van der Waals surface area contributed by atoms with Gasteiger partial charge in [0.25, 0.3) is 6.20 Å². The first-order valence-electron chi connectivity index (χ1n) is 12.7. The largest absolute Gasteiger partial charge is 0.374 e. The monoisotopic (exact) mass is 522 g/mol. The van der Waals surface area contributed by atoms with E-state index < -0.39 is 10.3 Å². The Kier molecular flexibility index (Phi) is 9.07. The van der Waals surface area contributed by atoms with Crippen LogP contribution in [0.2, 0.25) is 0 Å². The Morgan fingerprint density at radius 1 is 1.14 bits per heavy atom. The highest BCUT2D eigenvalue weighted by molar-refractivity contribution is 8.02. The second kappa shape index (κ2) is 11.9. The number of nitrogens with one attached hydrogen (secondary N) is 2. The van der Waals surface area contributed by atoms with E-state index in [1.807, 2.05) is 44.9 Å². The van der Waals surface area contributed by atoms with Crippen molar-refractivity contribution in [2.45, 2.75) is 53.4 Å². The number of amides is 1. The molecule has 198 valence electrons. The molecule has 3 aromatic rings. The number of likely N-dealkylation sites (N-methyl/N-ethyl adjacent to an activating group) is 1. The van der Waals surface area contributed by atoms with Gasteiger partial charge in [0.15, 0.2) is 0 Å². The molecule has 0 spiro atoms. The molecule has 0 aliphatic carbocycles. The summed E-state index contributed by atoms with van der Waals surface area (Å²) in [6.07, 6.45) is 3.48. The van der Waals surface area contributed by atoms with Crippen LogP contribution in [0.1, 0.15) is 49.9 Å². The quantitative estimate of drug-likeness (QED) is 0.232. The lowest BCUT2D eigenvalue weighted by molar-refractivity contribution is -0.403. The van der Waals surface area contributed by atoms with E-state index in [2.05, 4.69) is 54.5 Å². The molecule has 3 rings (SSSR count). The van der Waals surface area contributed by atoms with E-state index in [-0.39, 0.29) is 5.91 Å². The molecule has 0 fully saturated rings. The van der Waals surface area contributed by atoms with Crippen LogP contribution in [0.4, 0.5) is 0 Å². The SMILES string of the molecule is CCN(CC)C(=O)C(C)(C)c1ccc2[nH]c(-c3cc(C)cc(C)c3)c(CCN/C(=C/[N+](=O)[O-])SC)c2c1. The van der Waals surface area contributed by atoms with Crippen LogP contribution >= 0.6 is 11.8 Å². The maximum Gasteiger partial charge on any atom is 0.263 e. The molecule has 2 N–H and O–H groups in total. The summed E-state index contributed by atoms with van der Waals surface area (Å²) in [5.74, 6) is 0.111. The minimum absolute atomic E-state index is 0.111. The Balaban J connectivity index is 2.11. The zero-order chi connectivity index (χ0) is 27.3. The molecule has 0 radical (unpaired) electrons. The molecule has 0 aliphatic heterocycles. The summed E-state index contributed by atoms with van der Waals surface area (Å²) < 4.78 is 0. The van der Waals surface area contributed by atoms with Crippen LogP contribution < -0.4 is 5.32 Å². The number of aryl methyl sites for hydroxylation is 2. The van der Waals surface area contributed by atoms with E-state index in [9.17, 15) is 14.9 Å². The highest BCUT2D eigenvalue weighted by atomic mass is 32.2. The highest BCUT2D eigenvalue weighted by Crippen LogP contribution is 2.35. The fraction of sp³-hybridized carbons (Fsp3) is 0.414. The van der Waals surface area contributed by atoms with Crippen molar-refractivity contribution in [3.05, 3.63) is 80.0 Å². The number of hydrogen-bond donors (Lipinski definition) is 2. The van der Waals surface area contributed by atoms with Crippen LogP contribution in [-0.2, 0) is 16.6 Å². The van der Waals surface area contributed by atoms with Gasteiger partial charge in [0, 0.05) is 36.2 Å². The second-order valence-electron chi connectivity index (χ2n) is 9.88. The van der Waals surface area contributed by atoms with Gasteiger partial charge >= 0.3 is 0 Å². The number of aromatic amines is 1. The fourth-order valence-electron chi connectivity index (χ4n) is 4.87. The van der Waals surface area contributed by atoms with E-state index in [0.717, 1.165) is 39.5 Å². The van der Waals surface area contributed by atoms with Crippen LogP contribution in [0.5, 0.6) is 0 Å². The lowest BCUT2D eigenvalue weighted by Gasteiger charge is -2.31. The fourth-order valence-corrected chi connectivity index (χ4v) is 5.31. The molecule has 2 aromatic carbocycles. The normalized spacial score (nSPS) is 12.1. The molecule has 0 bridgehead atoms. The zero-order valence-electron chi connectivity index (χ0n) is 22.9. The lowest BCUT2D eigenvalue weighted by atomic mass is 9.82. The third-order valence-electron chi connectivity index (χ3n) is 6.84. The van der Waals surface area contributed by atoms with E-state index in [1.54, 1.807) is 0 Å². The predicted molar refractivity (Wildman–Crippen MR) is 154 cm³/mol. The molecule has 8 heteroatoms. The van der Waals surface area contributed by atoms with Crippen molar-refractivity contribution in [2.75, 3.05) is 25.9 Å². The van der Waals surface area contributed by atoms with Gasteiger partial charge in [0.2, 0.25) is 5.91 Å². The molecule has 0 saturated heterocycles. The summed E-state index contributed by atoms with van der Waals surface area (Å²) in [5, 5.41) is 15.7. The topological polar surface area (TPSA) is 91.3 Å². The number of H-pyrrole nitrogens is 1. The molecule has 37 heavy (non-hydrogen) atoms. The van der Waals surface area contributed by atoms with Gasteiger partial charge in [-0.2, -0.15) is 0 Å². The van der Waals surface area contributed by atoms with Gasteiger partial charge in [0.1, 0.15) is 5.03 Å². The van der Waals surface area contributed by atoms with Crippen LogP contribution in [0.15, 0.2) is 47.6 Å². The van der Waals surface area contributed by atoms with E-state index in [0.29, 0.717) is 31.1 Å². The molecular weight excluding hydrogens is 484 g/mol. The summed E-state index contributed by atoms with van der Waals surface area (Å²) in [6, 6.07) is 12.7. The van der Waals surface area contributed by atoms with Crippen molar-refractivity contribution in [1.29, 1.82) is 0 Å². The predicted octanol–water partition coefficient (Wildman–Crippen LogP) is 6.17. The molecule has 0 aliphatic rings. The molecule has 7 nitrogen and oxygen atoms in total. The minimum Gasteiger partial charge on any atom is -0.374 e. The number of carbonyl (C=O) groups is 1. The van der Waals surface area contributed by atoms with E-state index >= 15 is 0 Å². The van der Waals surface area contributed by atoms with Gasteiger partial charge in [-0.1, -0.05) is 23.3 Å². The van der Waals surface area contributed by atoms with Gasteiger partial charge in [-0.25, -0.2) is 0 Å². The van der Waals surface area contributed by atoms with E-state index in [4.69, 9.17) is 0 Å². The average Bonchev–Trinajstić information content (AvgIpc) is 3.21. The third kappa shape index (κ3) is 6.36. The van der Waals surface area contributed by atoms with Crippen LogP contribution in [0.3, 0.4) is 0 Å². The maximum absolute atomic E-state index is 13.4. The number of nitro groups is 1. The Bertz CT molecular complexity index is 1300. The van der Waals surface area contributed by atoms with Crippen molar-refractivity contribution in [1.82, 2.24) is 15.2 Å². The number of nitrogens with zero attached hydrogens (tertiary/aromatic N) is 2. The zero-order valence-corrected chi connectivity index (χ0v) is 23.7. The number of carbonyl (C=O) groups excluding carboxylic acids is 1. The maximum atomic E-state index is 13.4. The molecule has 0 saturated carbocycles. The number of benzene rings is 2. The Hall–Kier alpha value is -3.26. The first-order chi connectivity index (χ1) is 17.5. The Labute approximate surface area is 223 Å². The van der Waals surface area contributed by atoms with Crippen molar-refractivity contribution < 1.29 is 9.72 Å². The second-order valence-corrected chi connectivity index (χ2v) is 10.7. The third-order valence-corrected chi connectivity index (χ3v) is 7.53. The summed E-state index contributed by atoms with van der Waals surface area (Å²) in [7, 11) is 0. The minimum atomic E-state index is -0.673. The lowest BCUT2D eigenvalue weighted by Crippen LogP contribution is -2.43. The smallest absolute Gasteiger partial charge is 0.263 e. The summed E-state index contributed by atoms with van der Waals surface area (Å²) >= 11 is 1.32.